The minimum atomic E-state index is -0.320. The van der Waals surface area contributed by atoms with Crippen molar-refractivity contribution in [3.63, 3.8) is 0 Å². The summed E-state index contributed by atoms with van der Waals surface area (Å²) in [5.41, 5.74) is 0. The summed E-state index contributed by atoms with van der Waals surface area (Å²) >= 11 is 0. The maximum atomic E-state index is 10.2. The largest absolute Gasteiger partial charge is 1.00 e. The van der Waals surface area contributed by atoms with Gasteiger partial charge in [-0.25, -0.2) is 0 Å². The second kappa shape index (κ2) is 41.6. The van der Waals surface area contributed by atoms with Crippen molar-refractivity contribution in [2.24, 2.45) is 0 Å². The van der Waals surface area contributed by atoms with Crippen LogP contribution in [0.4, 0.5) is 0 Å². The summed E-state index contributed by atoms with van der Waals surface area (Å²) in [6.07, 6.45) is 0. The van der Waals surface area contributed by atoms with Crippen LogP contribution in [0.25, 0.3) is 0 Å². The van der Waals surface area contributed by atoms with Gasteiger partial charge in [-0.3, -0.25) is 0 Å². The SMILES string of the molecule is O=[PH+]c1ccccc1.O=[PH+]c1ccccc1.O=[PH+]c1ccccc1.O=[PH+]c1ccccc1.O=[PH+]c1ccccc1.O=[PH+]c1ccccc1.[Cl-].[Cl-].[Pd].[Pd]. The average Bonchev–Trinajstić information content (AvgIpc) is 3.21. The molecule has 16 heteroatoms. The van der Waals surface area contributed by atoms with E-state index in [1.165, 1.54) is 0 Å². The van der Waals surface area contributed by atoms with Gasteiger partial charge in [0.1, 0.15) is 0 Å². The first kappa shape index (κ1) is 56.6. The molecule has 6 aromatic rings. The van der Waals surface area contributed by atoms with Gasteiger partial charge < -0.3 is 24.8 Å². The molecule has 6 unspecified atom stereocenters. The zero-order valence-corrected chi connectivity index (χ0v) is 37.8. The molecule has 0 heterocycles. The molecule has 0 N–H and O–H groups in total. The number of hydrogen-bond donors (Lipinski definition) is 0. The molecule has 276 valence electrons. The van der Waals surface area contributed by atoms with E-state index in [9.17, 15) is 27.4 Å². The molecule has 0 spiro atoms. The van der Waals surface area contributed by atoms with Gasteiger partial charge in [-0.15, -0.1) is 0 Å². The van der Waals surface area contributed by atoms with E-state index in [0.29, 0.717) is 0 Å². The molecule has 0 saturated heterocycles. The van der Waals surface area contributed by atoms with Crippen molar-refractivity contribution >= 4 is 82.6 Å². The molecule has 52 heavy (non-hydrogen) atoms. The third-order valence-corrected chi connectivity index (χ3v) is 8.76. The van der Waals surface area contributed by atoms with Crippen LogP contribution in [0, 0.1) is 0 Å². The summed E-state index contributed by atoms with van der Waals surface area (Å²) in [5.74, 6) is 0. The van der Waals surface area contributed by atoms with Crippen molar-refractivity contribution < 1.29 is 93.1 Å². The normalized spacial score (nSPS) is 8.77. The summed E-state index contributed by atoms with van der Waals surface area (Å²) in [6, 6.07) is 56.0. The van der Waals surface area contributed by atoms with E-state index >= 15 is 0 Å². The van der Waals surface area contributed by atoms with Crippen LogP contribution in [-0.2, 0) is 68.2 Å². The van der Waals surface area contributed by atoms with Gasteiger partial charge in [0, 0.05) is 40.8 Å². The van der Waals surface area contributed by atoms with Gasteiger partial charge in [-0.1, -0.05) is 137 Å². The van der Waals surface area contributed by atoms with Crippen molar-refractivity contribution in [1.29, 1.82) is 0 Å². The molecule has 0 aliphatic rings. The minimum Gasteiger partial charge on any atom is -1.00 e. The molecule has 6 aromatic carbocycles. The Kier molecular flexibility index (Phi) is 45.2. The van der Waals surface area contributed by atoms with Gasteiger partial charge in [0.2, 0.25) is 0 Å². The van der Waals surface area contributed by atoms with E-state index < -0.39 is 0 Å². The molecule has 6 nitrogen and oxygen atoms in total. The average molecular weight is 1030 g/mol. The Labute approximate surface area is 354 Å². The fourth-order valence-corrected chi connectivity index (χ4v) is 5.01. The number of rotatable bonds is 6. The molecule has 6 atom stereocenters. The first-order valence-corrected chi connectivity index (χ1v) is 19.6. The third kappa shape index (κ3) is 31.4. The first-order chi connectivity index (χ1) is 23.6. The van der Waals surface area contributed by atoms with Gasteiger partial charge in [-0.05, 0) is 72.8 Å². The van der Waals surface area contributed by atoms with Crippen LogP contribution in [-0.4, -0.2) is 0 Å². The monoisotopic (exact) mass is 1030 g/mol. The van der Waals surface area contributed by atoms with Crippen molar-refractivity contribution in [1.82, 2.24) is 0 Å². The van der Waals surface area contributed by atoms with E-state index in [1.807, 2.05) is 182 Å². The Morgan fingerprint density at radius 3 is 0.365 bits per heavy atom. The van der Waals surface area contributed by atoms with E-state index in [1.54, 1.807) is 0 Å². The van der Waals surface area contributed by atoms with Gasteiger partial charge in [-0.2, -0.15) is 0 Å². The Morgan fingerprint density at radius 1 is 0.212 bits per heavy atom. The molecular weight excluding hydrogens is 998 g/mol. The van der Waals surface area contributed by atoms with Crippen LogP contribution in [0.5, 0.6) is 0 Å². The Morgan fingerprint density at radius 2 is 0.308 bits per heavy atom. The second-order valence-corrected chi connectivity index (χ2v) is 13.5. The quantitative estimate of drug-likeness (QED) is 0.187. The van der Waals surface area contributed by atoms with Gasteiger partial charge in [0.05, 0.1) is 0 Å². The first-order valence-electron chi connectivity index (χ1n) is 14.2. The molecule has 0 radical (unpaired) electrons. The van der Waals surface area contributed by atoms with E-state index in [4.69, 9.17) is 0 Å². The summed E-state index contributed by atoms with van der Waals surface area (Å²) in [6.45, 7) is 0. The topological polar surface area (TPSA) is 102 Å². The van der Waals surface area contributed by atoms with Crippen molar-refractivity contribution in [3.8, 4) is 0 Å². The summed E-state index contributed by atoms with van der Waals surface area (Å²) in [4.78, 5) is 0. The Bertz CT molecular complexity index is 1390. The molecule has 0 fully saturated rings. The summed E-state index contributed by atoms with van der Waals surface area (Å²) < 4.78 is 61.0. The van der Waals surface area contributed by atoms with Crippen LogP contribution < -0.4 is 56.6 Å². The predicted molar refractivity (Wildman–Crippen MR) is 210 cm³/mol. The van der Waals surface area contributed by atoms with Crippen molar-refractivity contribution in [3.05, 3.63) is 182 Å². The molecule has 0 amide bonds. The smallest absolute Gasteiger partial charge is 0.363 e. The van der Waals surface area contributed by atoms with Crippen LogP contribution in [0.2, 0.25) is 0 Å². The van der Waals surface area contributed by atoms with Crippen molar-refractivity contribution in [2.45, 2.75) is 0 Å². The maximum Gasteiger partial charge on any atom is 0.363 e. The molecular formula is C36H36Cl2O6P6Pd2+4. The molecule has 6 rings (SSSR count). The Hall–Kier alpha value is -2.18. The number of benzene rings is 6. The van der Waals surface area contributed by atoms with E-state index in [2.05, 4.69) is 0 Å². The molecule has 0 saturated carbocycles. The third-order valence-electron chi connectivity index (χ3n) is 5.35. The minimum absolute atomic E-state index is 0. The fraction of sp³-hybridized carbons (Fsp3) is 0. The van der Waals surface area contributed by atoms with Crippen LogP contribution in [0.3, 0.4) is 0 Å². The second-order valence-electron chi connectivity index (χ2n) is 8.81. The predicted octanol–water partition coefficient (Wildman–Crippen LogP) is 2.02. The van der Waals surface area contributed by atoms with Gasteiger partial charge >= 0.3 is 50.8 Å². The molecule has 0 aliphatic heterocycles. The van der Waals surface area contributed by atoms with E-state index in [0.717, 1.165) is 31.8 Å². The molecule has 0 aromatic heterocycles. The number of halogens is 2. The van der Waals surface area contributed by atoms with Gasteiger partial charge in [0.15, 0.2) is 31.8 Å². The molecule has 0 bridgehead atoms. The Balaban J connectivity index is -0.000000262. The number of hydrogen-bond acceptors (Lipinski definition) is 6. The van der Waals surface area contributed by atoms with Crippen LogP contribution in [0.1, 0.15) is 0 Å². The van der Waals surface area contributed by atoms with Crippen LogP contribution >= 0.6 is 50.8 Å². The van der Waals surface area contributed by atoms with Crippen LogP contribution in [0.15, 0.2) is 182 Å². The zero-order valence-electron chi connectivity index (χ0n) is 27.2. The molecule has 0 aliphatic carbocycles. The summed E-state index contributed by atoms with van der Waals surface area (Å²) in [5, 5.41) is 5.29. The standard InChI is InChI=1S/6C6H5OP.2ClH.2Pd/c6*7-8-6-4-2-1-3-5-6;;;;/h6*1-5H;2*1H;;/p+4. The van der Waals surface area contributed by atoms with Crippen molar-refractivity contribution in [2.75, 3.05) is 0 Å². The van der Waals surface area contributed by atoms with E-state index in [-0.39, 0.29) is 116 Å². The maximum absolute atomic E-state index is 10.2. The van der Waals surface area contributed by atoms with Gasteiger partial charge in [0.25, 0.3) is 0 Å². The zero-order chi connectivity index (χ0) is 34.9. The summed E-state index contributed by atoms with van der Waals surface area (Å²) in [7, 11) is -1.92. The fourth-order valence-electron chi connectivity index (χ4n) is 3.04.